The molecule has 1 aliphatic carbocycles. The molecule has 0 bridgehead atoms. The molecule has 0 aliphatic heterocycles. The number of rotatable bonds is 5. The molecule has 4 heteroatoms. The van der Waals surface area contributed by atoms with Gasteiger partial charge in [-0.25, -0.2) is 0 Å². The third-order valence-corrected chi connectivity index (χ3v) is 4.80. The second kappa shape index (κ2) is 7.21. The monoisotopic (exact) mass is 339 g/mol. The minimum absolute atomic E-state index is 0.193. The molecule has 0 amide bonds. The average Bonchev–Trinajstić information content (AvgIpc) is 2.39. The highest BCUT2D eigenvalue weighted by Crippen LogP contribution is 2.38. The van der Waals surface area contributed by atoms with Crippen molar-refractivity contribution in [1.29, 1.82) is 0 Å². The highest BCUT2D eigenvalue weighted by atomic mass is 79.9. The summed E-state index contributed by atoms with van der Waals surface area (Å²) < 4.78 is 0.961. The zero-order chi connectivity index (χ0) is 14.5. The smallest absolute Gasteiger partial charge is 0.306 e. The highest BCUT2D eigenvalue weighted by molar-refractivity contribution is 9.10. The number of hydrogen-bond donors (Lipinski definition) is 1. The van der Waals surface area contributed by atoms with E-state index in [0.717, 1.165) is 35.7 Å². The SMILES string of the molecule is CCCC1CCC(C(=O)O)C(Cc2cncc(Br)c2)C1. The molecule has 1 N–H and O–H groups in total. The molecule has 0 spiro atoms. The van der Waals surface area contributed by atoms with Gasteiger partial charge in [0, 0.05) is 16.9 Å². The minimum Gasteiger partial charge on any atom is -0.481 e. The summed E-state index contributed by atoms with van der Waals surface area (Å²) >= 11 is 3.43. The predicted molar refractivity (Wildman–Crippen MR) is 82.5 cm³/mol. The van der Waals surface area contributed by atoms with Gasteiger partial charge in [-0.1, -0.05) is 19.8 Å². The molecule has 1 saturated carbocycles. The molecular formula is C16H22BrNO2. The maximum atomic E-state index is 11.5. The second-order valence-corrected chi connectivity index (χ2v) is 6.80. The van der Waals surface area contributed by atoms with Crippen LogP contribution in [0.3, 0.4) is 0 Å². The molecule has 0 saturated heterocycles. The molecule has 110 valence electrons. The minimum atomic E-state index is -0.632. The molecule has 1 aromatic heterocycles. The molecule has 3 nitrogen and oxygen atoms in total. The quantitative estimate of drug-likeness (QED) is 0.869. The van der Waals surface area contributed by atoms with Gasteiger partial charge in [0.15, 0.2) is 0 Å². The number of carboxylic acids is 1. The van der Waals surface area contributed by atoms with Crippen molar-refractivity contribution in [2.24, 2.45) is 17.8 Å². The van der Waals surface area contributed by atoms with Gasteiger partial charge in [-0.05, 0) is 65.1 Å². The number of aromatic nitrogens is 1. The summed E-state index contributed by atoms with van der Waals surface area (Å²) in [5, 5.41) is 9.43. The number of aliphatic carboxylic acids is 1. The molecule has 3 unspecified atom stereocenters. The Morgan fingerprint density at radius 1 is 1.45 bits per heavy atom. The van der Waals surface area contributed by atoms with E-state index in [1.165, 1.54) is 12.8 Å². The molecule has 2 rings (SSSR count). The van der Waals surface area contributed by atoms with Crippen molar-refractivity contribution in [3.63, 3.8) is 0 Å². The number of halogens is 1. The van der Waals surface area contributed by atoms with Gasteiger partial charge < -0.3 is 5.11 Å². The Morgan fingerprint density at radius 3 is 2.90 bits per heavy atom. The van der Waals surface area contributed by atoms with E-state index in [1.807, 2.05) is 6.20 Å². The van der Waals surface area contributed by atoms with Crippen molar-refractivity contribution in [1.82, 2.24) is 4.98 Å². The van der Waals surface area contributed by atoms with E-state index in [1.54, 1.807) is 6.20 Å². The summed E-state index contributed by atoms with van der Waals surface area (Å²) in [5.74, 6) is 0.115. The van der Waals surface area contributed by atoms with Crippen LogP contribution in [0.2, 0.25) is 0 Å². The normalized spacial score (nSPS) is 26.4. The van der Waals surface area contributed by atoms with E-state index in [9.17, 15) is 9.90 Å². The first-order valence-corrected chi connectivity index (χ1v) is 8.21. The van der Waals surface area contributed by atoms with Gasteiger partial charge in [0.1, 0.15) is 0 Å². The lowest BCUT2D eigenvalue weighted by atomic mass is 9.71. The van der Waals surface area contributed by atoms with Crippen molar-refractivity contribution in [2.75, 3.05) is 0 Å². The molecule has 1 aromatic rings. The number of carbonyl (C=O) groups is 1. The van der Waals surface area contributed by atoms with Crippen molar-refractivity contribution in [3.8, 4) is 0 Å². The Balaban J connectivity index is 2.08. The standard InChI is InChI=1S/C16H22BrNO2/c1-2-3-11-4-5-15(16(19)20)13(6-11)7-12-8-14(17)10-18-9-12/h8-11,13,15H,2-7H2,1H3,(H,19,20). The van der Waals surface area contributed by atoms with Crippen LogP contribution >= 0.6 is 15.9 Å². The first-order valence-electron chi connectivity index (χ1n) is 7.42. The molecular weight excluding hydrogens is 318 g/mol. The van der Waals surface area contributed by atoms with Gasteiger partial charge in [-0.3, -0.25) is 9.78 Å². The lowest BCUT2D eigenvalue weighted by Crippen LogP contribution is -2.32. The lowest BCUT2D eigenvalue weighted by molar-refractivity contribution is -0.145. The number of nitrogens with zero attached hydrogens (tertiary/aromatic N) is 1. The fourth-order valence-corrected chi connectivity index (χ4v) is 3.86. The zero-order valence-electron chi connectivity index (χ0n) is 11.9. The first kappa shape index (κ1) is 15.5. The Bertz CT molecular complexity index is 464. The summed E-state index contributed by atoms with van der Waals surface area (Å²) in [6, 6.07) is 2.05. The molecule has 20 heavy (non-hydrogen) atoms. The maximum Gasteiger partial charge on any atom is 0.306 e. The van der Waals surface area contributed by atoms with Crippen molar-refractivity contribution >= 4 is 21.9 Å². The number of carboxylic acid groups (broad SMARTS) is 1. The van der Waals surface area contributed by atoms with Gasteiger partial charge in [0.2, 0.25) is 0 Å². The van der Waals surface area contributed by atoms with Crippen molar-refractivity contribution in [3.05, 3.63) is 28.5 Å². The summed E-state index contributed by atoms with van der Waals surface area (Å²) in [4.78, 5) is 15.6. The van der Waals surface area contributed by atoms with Crippen LogP contribution in [0.1, 0.15) is 44.6 Å². The Labute approximate surface area is 128 Å². The summed E-state index contributed by atoms with van der Waals surface area (Å²) in [5.41, 5.74) is 1.13. The van der Waals surface area contributed by atoms with Crippen LogP contribution in [0.4, 0.5) is 0 Å². The van der Waals surface area contributed by atoms with E-state index >= 15 is 0 Å². The van der Waals surface area contributed by atoms with Crippen LogP contribution in [0, 0.1) is 17.8 Å². The van der Waals surface area contributed by atoms with Gasteiger partial charge in [0.25, 0.3) is 0 Å². The Morgan fingerprint density at radius 2 is 2.25 bits per heavy atom. The summed E-state index contributed by atoms with van der Waals surface area (Å²) in [7, 11) is 0. The van der Waals surface area contributed by atoms with E-state index in [-0.39, 0.29) is 11.8 Å². The lowest BCUT2D eigenvalue weighted by Gasteiger charge is -2.34. The average molecular weight is 340 g/mol. The molecule has 1 aliphatic rings. The Kier molecular flexibility index (Phi) is 5.58. The zero-order valence-corrected chi connectivity index (χ0v) is 13.5. The molecule has 3 atom stereocenters. The fourth-order valence-electron chi connectivity index (χ4n) is 3.45. The molecule has 1 heterocycles. The van der Waals surface area contributed by atoms with Crippen LogP contribution in [0.5, 0.6) is 0 Å². The molecule has 1 fully saturated rings. The summed E-state index contributed by atoms with van der Waals surface area (Å²) in [6.45, 7) is 2.20. The first-order chi connectivity index (χ1) is 9.60. The van der Waals surface area contributed by atoms with E-state index in [2.05, 4.69) is 33.9 Å². The maximum absolute atomic E-state index is 11.5. The van der Waals surface area contributed by atoms with Crippen LogP contribution in [-0.2, 0) is 11.2 Å². The number of hydrogen-bond acceptors (Lipinski definition) is 2. The van der Waals surface area contributed by atoms with Gasteiger partial charge in [0.05, 0.1) is 5.92 Å². The van der Waals surface area contributed by atoms with Crippen molar-refractivity contribution in [2.45, 2.75) is 45.4 Å². The molecule has 0 radical (unpaired) electrons. The number of pyridine rings is 1. The second-order valence-electron chi connectivity index (χ2n) is 5.89. The molecule has 0 aromatic carbocycles. The van der Waals surface area contributed by atoms with Crippen LogP contribution < -0.4 is 0 Å². The topological polar surface area (TPSA) is 50.2 Å². The van der Waals surface area contributed by atoms with E-state index < -0.39 is 5.97 Å². The highest BCUT2D eigenvalue weighted by Gasteiger charge is 2.34. The van der Waals surface area contributed by atoms with Crippen LogP contribution in [0.25, 0.3) is 0 Å². The Hall–Kier alpha value is -0.900. The van der Waals surface area contributed by atoms with Gasteiger partial charge >= 0.3 is 5.97 Å². The van der Waals surface area contributed by atoms with Crippen LogP contribution in [0.15, 0.2) is 22.9 Å². The van der Waals surface area contributed by atoms with Crippen LogP contribution in [-0.4, -0.2) is 16.1 Å². The predicted octanol–water partition coefficient (Wildman–Crippen LogP) is 4.30. The largest absolute Gasteiger partial charge is 0.481 e. The van der Waals surface area contributed by atoms with E-state index in [0.29, 0.717) is 5.92 Å². The third kappa shape index (κ3) is 4.05. The fraction of sp³-hybridized carbons (Fsp3) is 0.625. The summed E-state index contributed by atoms with van der Waals surface area (Å²) in [6.07, 6.45) is 9.78. The van der Waals surface area contributed by atoms with Gasteiger partial charge in [-0.15, -0.1) is 0 Å². The van der Waals surface area contributed by atoms with Gasteiger partial charge in [-0.2, -0.15) is 0 Å². The van der Waals surface area contributed by atoms with E-state index in [4.69, 9.17) is 0 Å². The third-order valence-electron chi connectivity index (χ3n) is 4.36. The van der Waals surface area contributed by atoms with Crippen molar-refractivity contribution < 1.29 is 9.90 Å².